The van der Waals surface area contributed by atoms with Crippen LogP contribution >= 0.6 is 0 Å². The predicted octanol–water partition coefficient (Wildman–Crippen LogP) is 1.56. The minimum Gasteiger partial charge on any atom is -0.341 e. The molecule has 1 aliphatic rings. The molecule has 2 atom stereocenters. The Bertz CT molecular complexity index is 653. The molecule has 22 heavy (non-hydrogen) atoms. The standard InChI is InChI=1S/C16H23N5O/c1-2-6-13(17)16(22)20-9-5-7-12(11-20)15-19-18-14-8-3-4-10-21(14)15/h3-4,8,10,12-13H,2,5-7,9,11,17H2,1H3. The van der Waals surface area contributed by atoms with Gasteiger partial charge in [-0.2, -0.15) is 0 Å². The number of carbonyl (C=O) groups excluding carboxylic acids is 1. The fourth-order valence-electron chi connectivity index (χ4n) is 3.20. The molecule has 3 rings (SSSR count). The van der Waals surface area contributed by atoms with Crippen LogP contribution in [-0.2, 0) is 4.79 Å². The van der Waals surface area contributed by atoms with Gasteiger partial charge in [-0.05, 0) is 31.4 Å². The smallest absolute Gasteiger partial charge is 0.239 e. The number of fused-ring (bicyclic) bond motifs is 1. The van der Waals surface area contributed by atoms with E-state index in [4.69, 9.17) is 5.73 Å². The van der Waals surface area contributed by atoms with Crippen molar-refractivity contribution in [2.24, 2.45) is 5.73 Å². The molecule has 1 fully saturated rings. The molecule has 1 saturated heterocycles. The summed E-state index contributed by atoms with van der Waals surface area (Å²) in [4.78, 5) is 14.3. The van der Waals surface area contributed by atoms with Crippen molar-refractivity contribution in [3.63, 3.8) is 0 Å². The van der Waals surface area contributed by atoms with Crippen LogP contribution in [0, 0.1) is 0 Å². The Labute approximate surface area is 130 Å². The molecule has 0 spiro atoms. The van der Waals surface area contributed by atoms with E-state index in [1.165, 1.54) is 0 Å². The Balaban J connectivity index is 1.77. The highest BCUT2D eigenvalue weighted by Gasteiger charge is 2.29. The summed E-state index contributed by atoms with van der Waals surface area (Å²) >= 11 is 0. The van der Waals surface area contributed by atoms with Crippen molar-refractivity contribution in [3.05, 3.63) is 30.2 Å². The molecule has 6 nitrogen and oxygen atoms in total. The lowest BCUT2D eigenvalue weighted by atomic mass is 9.96. The number of likely N-dealkylation sites (tertiary alicyclic amines) is 1. The molecule has 118 valence electrons. The van der Waals surface area contributed by atoms with E-state index in [-0.39, 0.29) is 17.9 Å². The summed E-state index contributed by atoms with van der Waals surface area (Å²) in [6.45, 7) is 3.53. The zero-order chi connectivity index (χ0) is 15.5. The van der Waals surface area contributed by atoms with E-state index in [1.807, 2.05) is 33.7 Å². The van der Waals surface area contributed by atoms with Gasteiger partial charge < -0.3 is 10.6 Å². The van der Waals surface area contributed by atoms with E-state index in [9.17, 15) is 4.79 Å². The second kappa shape index (κ2) is 6.44. The van der Waals surface area contributed by atoms with E-state index in [0.29, 0.717) is 6.54 Å². The van der Waals surface area contributed by atoms with Gasteiger partial charge in [-0.3, -0.25) is 9.20 Å². The molecular weight excluding hydrogens is 278 g/mol. The number of piperidine rings is 1. The van der Waals surface area contributed by atoms with E-state index >= 15 is 0 Å². The number of hydrogen-bond acceptors (Lipinski definition) is 4. The summed E-state index contributed by atoms with van der Waals surface area (Å²) < 4.78 is 2.02. The molecular formula is C16H23N5O. The largest absolute Gasteiger partial charge is 0.341 e. The maximum atomic E-state index is 12.4. The van der Waals surface area contributed by atoms with Crippen molar-refractivity contribution < 1.29 is 4.79 Å². The fourth-order valence-corrected chi connectivity index (χ4v) is 3.20. The van der Waals surface area contributed by atoms with Gasteiger partial charge >= 0.3 is 0 Å². The number of nitrogens with two attached hydrogens (primary N) is 1. The minimum absolute atomic E-state index is 0.0698. The first-order valence-electron chi connectivity index (χ1n) is 8.04. The molecule has 1 aliphatic heterocycles. The first-order chi connectivity index (χ1) is 10.7. The second-order valence-electron chi connectivity index (χ2n) is 6.01. The van der Waals surface area contributed by atoms with Crippen LogP contribution in [0.1, 0.15) is 44.3 Å². The van der Waals surface area contributed by atoms with Crippen molar-refractivity contribution in [3.8, 4) is 0 Å². The van der Waals surface area contributed by atoms with Gasteiger partial charge in [0.2, 0.25) is 5.91 Å². The Hall–Kier alpha value is -1.95. The number of pyridine rings is 1. The number of hydrogen-bond donors (Lipinski definition) is 1. The first kappa shape index (κ1) is 15.0. The Morgan fingerprint density at radius 3 is 3.14 bits per heavy atom. The van der Waals surface area contributed by atoms with Crippen LogP contribution in [-0.4, -0.2) is 44.5 Å². The highest BCUT2D eigenvalue weighted by molar-refractivity contribution is 5.81. The summed E-state index contributed by atoms with van der Waals surface area (Å²) in [5.74, 6) is 1.24. The fraction of sp³-hybridized carbons (Fsp3) is 0.562. The number of nitrogens with zero attached hydrogens (tertiary/aromatic N) is 4. The molecule has 0 saturated carbocycles. The zero-order valence-corrected chi connectivity index (χ0v) is 13.0. The second-order valence-corrected chi connectivity index (χ2v) is 6.01. The number of rotatable bonds is 4. The predicted molar refractivity (Wildman–Crippen MR) is 84.4 cm³/mol. The Morgan fingerprint density at radius 2 is 2.32 bits per heavy atom. The van der Waals surface area contributed by atoms with Gasteiger partial charge in [0.25, 0.3) is 0 Å². The normalized spacial score (nSPS) is 20.3. The third-order valence-electron chi connectivity index (χ3n) is 4.36. The highest BCUT2D eigenvalue weighted by Crippen LogP contribution is 2.26. The lowest BCUT2D eigenvalue weighted by Gasteiger charge is -2.33. The minimum atomic E-state index is -0.376. The van der Waals surface area contributed by atoms with Gasteiger partial charge in [0, 0.05) is 25.2 Å². The molecule has 2 N–H and O–H groups in total. The quantitative estimate of drug-likeness (QED) is 0.930. The van der Waals surface area contributed by atoms with E-state index in [1.54, 1.807) is 0 Å². The Kier molecular flexibility index (Phi) is 4.38. The molecule has 1 amide bonds. The van der Waals surface area contributed by atoms with Crippen LogP contribution in [0.2, 0.25) is 0 Å². The van der Waals surface area contributed by atoms with Gasteiger partial charge in [0.1, 0.15) is 5.82 Å². The lowest BCUT2D eigenvalue weighted by Crippen LogP contribution is -2.47. The molecule has 0 aliphatic carbocycles. The van der Waals surface area contributed by atoms with Gasteiger partial charge in [0.15, 0.2) is 5.65 Å². The van der Waals surface area contributed by atoms with Crippen molar-refractivity contribution in [2.75, 3.05) is 13.1 Å². The Morgan fingerprint density at radius 1 is 1.45 bits per heavy atom. The van der Waals surface area contributed by atoms with Crippen molar-refractivity contribution in [2.45, 2.75) is 44.6 Å². The van der Waals surface area contributed by atoms with Crippen LogP contribution in [0.15, 0.2) is 24.4 Å². The molecule has 0 radical (unpaired) electrons. The highest BCUT2D eigenvalue weighted by atomic mass is 16.2. The first-order valence-corrected chi connectivity index (χ1v) is 8.04. The summed E-state index contributed by atoms with van der Waals surface area (Å²) in [5, 5.41) is 8.55. The van der Waals surface area contributed by atoms with E-state index in [0.717, 1.165) is 43.7 Å². The summed E-state index contributed by atoms with van der Waals surface area (Å²) in [6, 6.07) is 5.50. The summed E-state index contributed by atoms with van der Waals surface area (Å²) in [6.07, 6.45) is 5.67. The van der Waals surface area contributed by atoms with Crippen LogP contribution in [0.3, 0.4) is 0 Å². The maximum Gasteiger partial charge on any atom is 0.239 e. The van der Waals surface area contributed by atoms with Crippen molar-refractivity contribution in [1.82, 2.24) is 19.5 Å². The number of aromatic nitrogens is 3. The van der Waals surface area contributed by atoms with Crippen LogP contribution in [0.5, 0.6) is 0 Å². The monoisotopic (exact) mass is 301 g/mol. The van der Waals surface area contributed by atoms with Crippen LogP contribution < -0.4 is 5.73 Å². The SMILES string of the molecule is CCCC(N)C(=O)N1CCCC(c2nnc3ccccn23)C1. The van der Waals surface area contributed by atoms with Gasteiger partial charge in [0.05, 0.1) is 6.04 Å². The van der Waals surface area contributed by atoms with Crippen molar-refractivity contribution >= 4 is 11.6 Å². The average molecular weight is 301 g/mol. The molecule has 2 unspecified atom stereocenters. The van der Waals surface area contributed by atoms with Gasteiger partial charge in [-0.15, -0.1) is 10.2 Å². The van der Waals surface area contributed by atoms with Crippen LogP contribution in [0.25, 0.3) is 5.65 Å². The lowest BCUT2D eigenvalue weighted by molar-refractivity contribution is -0.134. The number of amides is 1. The number of carbonyl (C=O) groups is 1. The average Bonchev–Trinajstić information content (AvgIpc) is 2.98. The topological polar surface area (TPSA) is 76.5 Å². The van der Waals surface area contributed by atoms with E-state index in [2.05, 4.69) is 17.1 Å². The summed E-state index contributed by atoms with van der Waals surface area (Å²) in [5.41, 5.74) is 6.84. The maximum absolute atomic E-state index is 12.4. The molecule has 2 aromatic heterocycles. The van der Waals surface area contributed by atoms with Crippen molar-refractivity contribution in [1.29, 1.82) is 0 Å². The molecule has 0 bridgehead atoms. The molecule has 3 heterocycles. The molecule has 6 heteroatoms. The van der Waals surface area contributed by atoms with E-state index < -0.39 is 0 Å². The van der Waals surface area contributed by atoms with Crippen LogP contribution in [0.4, 0.5) is 0 Å². The zero-order valence-electron chi connectivity index (χ0n) is 13.0. The third-order valence-corrected chi connectivity index (χ3v) is 4.36. The summed E-state index contributed by atoms with van der Waals surface area (Å²) in [7, 11) is 0. The molecule has 2 aromatic rings. The molecule has 0 aromatic carbocycles. The van der Waals surface area contributed by atoms with Gasteiger partial charge in [-0.1, -0.05) is 19.4 Å². The third kappa shape index (κ3) is 2.83. The van der Waals surface area contributed by atoms with Gasteiger partial charge in [-0.25, -0.2) is 0 Å².